The highest BCUT2D eigenvalue weighted by molar-refractivity contribution is 5.85. The molecule has 0 spiro atoms. The largest absolute Gasteiger partial charge is 0.506 e. The van der Waals surface area contributed by atoms with E-state index in [0.29, 0.717) is 5.92 Å². The van der Waals surface area contributed by atoms with E-state index in [2.05, 4.69) is 179 Å². The molecule has 15 heteroatoms. The Hall–Kier alpha value is -7.68. The number of nitrogens with one attached hydrogen (secondary N) is 3. The van der Waals surface area contributed by atoms with Gasteiger partial charge in [-0.1, -0.05) is 80.5 Å². The molecule has 6 N–H and O–H groups in total. The zero-order chi connectivity index (χ0) is 48.8. The molecule has 0 saturated carbocycles. The molecule has 0 bridgehead atoms. The van der Waals surface area contributed by atoms with E-state index in [4.69, 9.17) is 0 Å². The molecule has 6 heterocycles. The number of aromatic nitrogens is 9. The van der Waals surface area contributed by atoms with E-state index in [1.165, 1.54) is 16.7 Å². The summed E-state index contributed by atoms with van der Waals surface area (Å²) < 4.78 is 12.6. The van der Waals surface area contributed by atoms with E-state index >= 15 is 0 Å². The van der Waals surface area contributed by atoms with Crippen molar-refractivity contribution in [2.45, 2.75) is 97.8 Å². The van der Waals surface area contributed by atoms with Crippen LogP contribution in [0.4, 0.5) is 17.1 Å². The number of anilines is 3. The lowest BCUT2D eigenvalue weighted by Gasteiger charge is -2.19. The number of aromatic hydroxyl groups is 3. The second kappa shape index (κ2) is 15.2. The molecule has 70 heavy (non-hydrogen) atoms. The van der Waals surface area contributed by atoms with Crippen molar-refractivity contribution in [1.29, 1.82) is 0 Å². The highest BCUT2D eigenvalue weighted by Gasteiger charge is 2.30. The Labute approximate surface area is 405 Å². The number of benzene rings is 6. The van der Waals surface area contributed by atoms with Crippen molar-refractivity contribution in [3.63, 3.8) is 0 Å². The summed E-state index contributed by atoms with van der Waals surface area (Å²) in [6, 6.07) is 37.1. The Morgan fingerprint density at radius 2 is 0.629 bits per heavy atom. The lowest BCUT2D eigenvalue weighted by atomic mass is 9.87. The van der Waals surface area contributed by atoms with Crippen LogP contribution in [0, 0.1) is 5.92 Å². The second-order valence-corrected chi connectivity index (χ2v) is 22.6. The highest BCUT2D eigenvalue weighted by atomic mass is 16.3. The first kappa shape index (κ1) is 43.6. The van der Waals surface area contributed by atoms with Crippen LogP contribution in [0.1, 0.15) is 98.3 Å². The minimum atomic E-state index is -0.0297. The zero-order valence-corrected chi connectivity index (χ0v) is 41.6. The highest BCUT2D eigenvalue weighted by Crippen LogP contribution is 2.38. The van der Waals surface area contributed by atoms with Gasteiger partial charge in [0.05, 0.1) is 0 Å². The fraction of sp³-hybridized carbons (Fsp3) is 0.345. The van der Waals surface area contributed by atoms with E-state index in [9.17, 15) is 15.3 Å². The summed E-state index contributed by atoms with van der Waals surface area (Å²) >= 11 is 0. The third-order valence-corrected chi connectivity index (χ3v) is 14.6. The van der Waals surface area contributed by atoms with Gasteiger partial charge in [0.1, 0.15) is 67.4 Å². The quantitative estimate of drug-likeness (QED) is 0.0605. The number of rotatable bonds is 15. The van der Waals surface area contributed by atoms with Gasteiger partial charge in [-0.05, 0) is 149 Å². The van der Waals surface area contributed by atoms with Crippen LogP contribution in [0.25, 0.3) is 50.2 Å². The number of phenols is 3. The van der Waals surface area contributed by atoms with Crippen molar-refractivity contribution in [3.8, 4) is 34.3 Å². The number of hydrogen-bond acceptors (Lipinski definition) is 6. The topological polar surface area (TPSA) is 138 Å². The number of hydrogen-bond donors (Lipinski definition) is 6. The van der Waals surface area contributed by atoms with Crippen LogP contribution in [0.2, 0.25) is 0 Å². The van der Waals surface area contributed by atoms with Crippen molar-refractivity contribution in [2.24, 2.45) is 5.92 Å². The van der Waals surface area contributed by atoms with Gasteiger partial charge >= 0.3 is 0 Å². The van der Waals surface area contributed by atoms with E-state index in [1.54, 1.807) is 18.2 Å². The SMILES string of the molecule is CC(C)(C)c1ccc(O)c(-n2n3c4ccc(NCCC(CCNc5ccc6c(c5)n5n(-c7cc(C(C)(C)C)ccc7O)n65)CCNc5ccc6c(c5)n5n(-c7cc(C(C)(C)C)ccc7O)n65)cc4n23)c1. The molecule has 6 aromatic carbocycles. The van der Waals surface area contributed by atoms with Crippen molar-refractivity contribution >= 4 is 50.2 Å². The third-order valence-electron chi connectivity index (χ3n) is 14.6. The summed E-state index contributed by atoms with van der Waals surface area (Å²) in [7, 11) is 0. The van der Waals surface area contributed by atoms with Crippen LogP contribution >= 0.6 is 0 Å². The third kappa shape index (κ3) is 7.15. The van der Waals surface area contributed by atoms with Crippen LogP contribution in [0.15, 0.2) is 109 Å². The van der Waals surface area contributed by atoms with Gasteiger partial charge in [0.25, 0.3) is 0 Å². The molecule has 0 aliphatic carbocycles. The molecule has 12 rings (SSSR count). The van der Waals surface area contributed by atoms with Crippen molar-refractivity contribution in [2.75, 3.05) is 35.6 Å². The maximum Gasteiger partial charge on any atom is 0.143 e. The average molecular weight is 941 g/mol. The maximum atomic E-state index is 10.8. The van der Waals surface area contributed by atoms with Crippen LogP contribution in [-0.2, 0) is 16.2 Å². The summed E-state index contributed by atoms with van der Waals surface area (Å²) in [5, 5.41) is 43.7. The molecular weight excluding hydrogens is 877 g/mol. The smallest absolute Gasteiger partial charge is 0.143 e. The Kier molecular flexibility index (Phi) is 9.44. The minimum Gasteiger partial charge on any atom is -0.506 e. The molecule has 15 nitrogen and oxygen atoms in total. The van der Waals surface area contributed by atoms with Gasteiger partial charge < -0.3 is 31.3 Å². The Bertz CT molecular complexity index is 3430. The zero-order valence-electron chi connectivity index (χ0n) is 41.6. The molecule has 362 valence electrons. The van der Waals surface area contributed by atoms with Gasteiger partial charge in [-0.2, -0.15) is 0 Å². The van der Waals surface area contributed by atoms with Crippen LogP contribution in [0.5, 0.6) is 17.2 Å². The van der Waals surface area contributed by atoms with Gasteiger partial charge in [0.2, 0.25) is 0 Å². The van der Waals surface area contributed by atoms with E-state index < -0.39 is 0 Å². The van der Waals surface area contributed by atoms with Gasteiger partial charge in [-0.25, -0.2) is 0 Å². The second-order valence-electron chi connectivity index (χ2n) is 22.6. The van der Waals surface area contributed by atoms with E-state index in [-0.39, 0.29) is 33.5 Å². The minimum absolute atomic E-state index is 0.0297. The lowest BCUT2D eigenvalue weighted by Crippen LogP contribution is -2.17. The van der Waals surface area contributed by atoms with Gasteiger partial charge in [0.15, 0.2) is 0 Å². The Morgan fingerprint density at radius 3 is 0.900 bits per heavy atom. The van der Waals surface area contributed by atoms with Gasteiger partial charge in [0, 0.05) is 36.7 Å². The predicted molar refractivity (Wildman–Crippen MR) is 280 cm³/mol. The molecule has 0 saturated heterocycles. The van der Waals surface area contributed by atoms with Crippen molar-refractivity contribution in [1.82, 2.24) is 42.2 Å². The Morgan fingerprint density at radius 1 is 0.357 bits per heavy atom. The molecule has 0 fully saturated rings. The fourth-order valence-corrected chi connectivity index (χ4v) is 10.1. The average Bonchev–Trinajstić information content (AvgIpc) is 4.24. The molecule has 0 unspecified atom stereocenters. The molecular formula is C55H64N12O3. The maximum absolute atomic E-state index is 10.8. The van der Waals surface area contributed by atoms with Crippen LogP contribution < -0.4 is 16.0 Å². The molecule has 0 atom stereocenters. The number of nitrogens with zero attached hydrogens (tertiary/aromatic N) is 9. The summed E-state index contributed by atoms with van der Waals surface area (Å²) in [4.78, 5) is 6.09. The fourth-order valence-electron chi connectivity index (χ4n) is 10.1. The molecule has 6 aromatic heterocycles. The normalized spacial score (nSPS) is 13.3. The monoisotopic (exact) mass is 941 g/mol. The summed E-state index contributed by atoms with van der Waals surface area (Å²) in [6.07, 6.45) is 2.98. The Balaban J connectivity index is 0.733. The molecule has 0 aliphatic rings. The van der Waals surface area contributed by atoms with Crippen LogP contribution in [-0.4, -0.2) is 77.1 Å². The first-order valence-corrected chi connectivity index (χ1v) is 24.7. The van der Waals surface area contributed by atoms with Gasteiger partial charge in [-0.15, -0.1) is 42.2 Å². The first-order valence-electron chi connectivity index (χ1n) is 24.7. The first-order chi connectivity index (χ1) is 33.3. The molecule has 0 amide bonds. The lowest BCUT2D eigenvalue weighted by molar-refractivity contribution is 0.452. The van der Waals surface area contributed by atoms with E-state index in [0.717, 1.165) is 106 Å². The molecule has 0 aliphatic heterocycles. The van der Waals surface area contributed by atoms with E-state index in [1.807, 2.05) is 32.6 Å². The summed E-state index contributed by atoms with van der Waals surface area (Å²) in [5.74, 6) is 1.22. The standard InChI is InChI=1S/C55H64N12O3/c1-53(2,3)35-10-19-50(68)47(28-35)65-59-41-16-13-38(31-44(41)62(59)65)56-25-22-34(23-26-57-39-14-17-42-45(32-39)63-60(42)66(63)48-29-36(54(4,5)6)11-20-51(48)69)24-27-58-40-15-18-43-46(33-40)64-61(43)67(64)49-30-37(55(7,8)9)12-21-52(49)70/h10-21,28-34,56-58,68-70H,22-27H2,1-9H3. The van der Waals surface area contributed by atoms with Crippen LogP contribution in [0.3, 0.4) is 0 Å². The number of fused-ring (bicyclic) bond motifs is 12. The molecule has 12 aromatic rings. The van der Waals surface area contributed by atoms with Crippen molar-refractivity contribution < 1.29 is 15.3 Å². The summed E-state index contributed by atoms with van der Waals surface area (Å²) in [6.45, 7) is 22.2. The van der Waals surface area contributed by atoms with Crippen molar-refractivity contribution in [3.05, 3.63) is 126 Å². The molecule has 0 radical (unpaired) electrons. The van der Waals surface area contributed by atoms with Gasteiger partial charge in [-0.3, -0.25) is 0 Å². The summed E-state index contributed by atoms with van der Waals surface area (Å²) in [5.41, 5.74) is 15.7. The number of phenolic OH excluding ortho intramolecular Hbond substituents is 3. The predicted octanol–water partition coefficient (Wildman–Crippen LogP) is 11.3.